The molecule has 4 nitrogen and oxygen atoms in total. The smallest absolute Gasteiger partial charge is 0.253 e. The summed E-state index contributed by atoms with van der Waals surface area (Å²) in [6, 6.07) is 10.8. The highest BCUT2D eigenvalue weighted by Gasteiger charge is 2.35. The van der Waals surface area contributed by atoms with Crippen LogP contribution in [0.5, 0.6) is 0 Å². The van der Waals surface area contributed by atoms with Gasteiger partial charge in [0.25, 0.3) is 5.91 Å². The Morgan fingerprint density at radius 2 is 2.15 bits per heavy atom. The molecule has 3 heterocycles. The molecule has 4 rings (SSSR count). The van der Waals surface area contributed by atoms with Gasteiger partial charge in [-0.25, -0.2) is 13.8 Å². The van der Waals surface area contributed by atoms with Crippen molar-refractivity contribution in [1.82, 2.24) is 5.01 Å². The first-order chi connectivity index (χ1) is 13.1. The summed E-state index contributed by atoms with van der Waals surface area (Å²) in [5, 5.41) is 7.91. The summed E-state index contributed by atoms with van der Waals surface area (Å²) in [5.74, 6) is -1.34. The number of benzene rings is 1. The van der Waals surface area contributed by atoms with E-state index in [9.17, 15) is 13.6 Å². The molecule has 2 aromatic heterocycles. The van der Waals surface area contributed by atoms with Gasteiger partial charge in [-0.3, -0.25) is 4.79 Å². The lowest BCUT2D eigenvalue weighted by Crippen LogP contribution is -2.28. The van der Waals surface area contributed by atoms with Crippen LogP contribution < -0.4 is 0 Å². The maximum absolute atomic E-state index is 13.3. The predicted octanol–water partition coefficient (Wildman–Crippen LogP) is 5.09. The van der Waals surface area contributed by atoms with Crippen molar-refractivity contribution >= 4 is 34.7 Å². The molecule has 0 saturated carbocycles. The predicted molar refractivity (Wildman–Crippen MR) is 101 cm³/mol. The SMILES string of the molecule is O=C(CSc1ccc(F)c(F)c1)N1N=C(c2cccs2)CC1c1ccco1. The van der Waals surface area contributed by atoms with Crippen LogP contribution in [0.1, 0.15) is 23.1 Å². The number of carbonyl (C=O) groups excluding carboxylic acids is 1. The number of thiophene rings is 1. The zero-order chi connectivity index (χ0) is 18.8. The number of carbonyl (C=O) groups is 1. The molecule has 0 radical (unpaired) electrons. The number of hydrazone groups is 1. The second-order valence-corrected chi connectivity index (χ2v) is 7.86. The van der Waals surface area contributed by atoms with E-state index in [1.54, 1.807) is 23.7 Å². The highest BCUT2D eigenvalue weighted by molar-refractivity contribution is 8.00. The second-order valence-electron chi connectivity index (χ2n) is 5.86. The minimum atomic E-state index is -0.930. The molecule has 0 bridgehead atoms. The van der Waals surface area contributed by atoms with E-state index in [0.29, 0.717) is 17.1 Å². The number of hydrogen-bond acceptors (Lipinski definition) is 5. The highest BCUT2D eigenvalue weighted by atomic mass is 32.2. The summed E-state index contributed by atoms with van der Waals surface area (Å²) in [5.41, 5.74) is 0.831. The van der Waals surface area contributed by atoms with Gasteiger partial charge in [-0.2, -0.15) is 5.10 Å². The Labute approximate surface area is 162 Å². The van der Waals surface area contributed by atoms with Crippen LogP contribution >= 0.6 is 23.1 Å². The Balaban J connectivity index is 1.52. The summed E-state index contributed by atoms with van der Waals surface area (Å²) >= 11 is 2.71. The van der Waals surface area contributed by atoms with Crippen LogP contribution in [0.15, 0.2) is 68.5 Å². The van der Waals surface area contributed by atoms with Crippen molar-refractivity contribution in [2.75, 3.05) is 5.75 Å². The lowest BCUT2D eigenvalue weighted by atomic mass is 10.1. The summed E-state index contributed by atoms with van der Waals surface area (Å²) in [6.45, 7) is 0. The van der Waals surface area contributed by atoms with E-state index in [-0.39, 0.29) is 17.7 Å². The number of hydrogen-bond donors (Lipinski definition) is 0. The van der Waals surface area contributed by atoms with Crippen LogP contribution in [0, 0.1) is 11.6 Å². The monoisotopic (exact) mass is 404 g/mol. The molecular weight excluding hydrogens is 390 g/mol. The standard InChI is InChI=1S/C19H14F2N2O2S2/c20-13-6-5-12(9-14(13)21)27-11-19(24)23-16(17-3-1-7-25-17)10-15(22-23)18-4-2-8-26-18/h1-9,16H,10-11H2. The van der Waals surface area contributed by atoms with Crippen molar-refractivity contribution < 1.29 is 18.0 Å². The molecule has 1 aliphatic heterocycles. The molecule has 1 aliphatic rings. The largest absolute Gasteiger partial charge is 0.467 e. The van der Waals surface area contributed by atoms with Gasteiger partial charge in [0.05, 0.1) is 22.6 Å². The molecule has 0 N–H and O–H groups in total. The number of nitrogens with zero attached hydrogens (tertiary/aromatic N) is 2. The first-order valence-electron chi connectivity index (χ1n) is 8.16. The number of thioether (sulfide) groups is 1. The van der Waals surface area contributed by atoms with Gasteiger partial charge in [-0.15, -0.1) is 23.1 Å². The topological polar surface area (TPSA) is 45.8 Å². The highest BCUT2D eigenvalue weighted by Crippen LogP contribution is 2.34. The summed E-state index contributed by atoms with van der Waals surface area (Å²) in [4.78, 5) is 14.3. The lowest BCUT2D eigenvalue weighted by Gasteiger charge is -2.19. The zero-order valence-corrected chi connectivity index (χ0v) is 15.6. The maximum atomic E-state index is 13.3. The molecule has 0 aliphatic carbocycles. The average Bonchev–Trinajstić information content (AvgIpc) is 3.41. The van der Waals surface area contributed by atoms with E-state index in [0.717, 1.165) is 34.5 Å². The van der Waals surface area contributed by atoms with Crippen LogP contribution in [0.2, 0.25) is 0 Å². The van der Waals surface area contributed by atoms with Crippen molar-refractivity contribution in [3.8, 4) is 0 Å². The van der Waals surface area contributed by atoms with Crippen LogP contribution in [-0.4, -0.2) is 22.4 Å². The van der Waals surface area contributed by atoms with Gasteiger partial charge in [0.1, 0.15) is 11.8 Å². The van der Waals surface area contributed by atoms with Crippen molar-refractivity contribution in [2.24, 2.45) is 5.10 Å². The van der Waals surface area contributed by atoms with Crippen molar-refractivity contribution in [3.63, 3.8) is 0 Å². The van der Waals surface area contributed by atoms with E-state index in [1.165, 1.54) is 11.1 Å². The van der Waals surface area contributed by atoms with Gasteiger partial charge in [-0.1, -0.05) is 6.07 Å². The van der Waals surface area contributed by atoms with Gasteiger partial charge in [-0.05, 0) is 41.8 Å². The Hall–Kier alpha value is -2.45. The van der Waals surface area contributed by atoms with E-state index in [2.05, 4.69) is 5.10 Å². The fourth-order valence-corrected chi connectivity index (χ4v) is 4.31. The summed E-state index contributed by atoms with van der Waals surface area (Å²) < 4.78 is 31.9. The van der Waals surface area contributed by atoms with Gasteiger partial charge < -0.3 is 4.42 Å². The third-order valence-electron chi connectivity index (χ3n) is 4.10. The fraction of sp³-hybridized carbons (Fsp3) is 0.158. The van der Waals surface area contributed by atoms with E-state index in [4.69, 9.17) is 4.42 Å². The summed E-state index contributed by atoms with van der Waals surface area (Å²) in [6.07, 6.45) is 2.13. The van der Waals surface area contributed by atoms with Gasteiger partial charge in [0.2, 0.25) is 0 Å². The van der Waals surface area contributed by atoms with E-state index in [1.807, 2.05) is 23.6 Å². The molecule has 27 heavy (non-hydrogen) atoms. The molecule has 1 aromatic carbocycles. The van der Waals surface area contributed by atoms with Gasteiger partial charge in [0.15, 0.2) is 11.6 Å². The minimum Gasteiger partial charge on any atom is -0.467 e. The number of furan rings is 1. The third-order valence-corrected chi connectivity index (χ3v) is 5.99. The van der Waals surface area contributed by atoms with Crippen LogP contribution in [0.3, 0.4) is 0 Å². The number of rotatable bonds is 5. The van der Waals surface area contributed by atoms with Crippen LogP contribution in [-0.2, 0) is 4.79 Å². The molecule has 3 aromatic rings. The number of halogens is 2. The van der Waals surface area contributed by atoms with Crippen molar-refractivity contribution in [2.45, 2.75) is 17.4 Å². The van der Waals surface area contributed by atoms with Crippen molar-refractivity contribution in [3.05, 3.63) is 76.4 Å². The molecule has 0 spiro atoms. The first kappa shape index (κ1) is 17.9. The fourth-order valence-electron chi connectivity index (χ4n) is 2.81. The summed E-state index contributed by atoms with van der Waals surface area (Å²) in [7, 11) is 0. The zero-order valence-electron chi connectivity index (χ0n) is 14.0. The quantitative estimate of drug-likeness (QED) is 0.557. The molecule has 8 heteroatoms. The van der Waals surface area contributed by atoms with Crippen molar-refractivity contribution in [1.29, 1.82) is 0 Å². The normalized spacial score (nSPS) is 16.6. The van der Waals surface area contributed by atoms with Gasteiger partial charge >= 0.3 is 0 Å². The Bertz CT molecular complexity index is 972. The third kappa shape index (κ3) is 3.81. The molecular formula is C19H14F2N2O2S2. The molecule has 1 atom stereocenters. The number of amides is 1. The molecule has 1 unspecified atom stereocenters. The maximum Gasteiger partial charge on any atom is 0.253 e. The Morgan fingerprint density at radius 3 is 2.85 bits per heavy atom. The second kappa shape index (κ2) is 7.66. The Morgan fingerprint density at radius 1 is 1.26 bits per heavy atom. The lowest BCUT2D eigenvalue weighted by molar-refractivity contribution is -0.130. The molecule has 0 saturated heterocycles. The van der Waals surface area contributed by atoms with E-state index >= 15 is 0 Å². The average molecular weight is 404 g/mol. The molecule has 0 fully saturated rings. The molecule has 138 valence electrons. The molecule has 1 amide bonds. The first-order valence-corrected chi connectivity index (χ1v) is 10.0. The van der Waals surface area contributed by atoms with Gasteiger partial charge in [0, 0.05) is 11.3 Å². The van der Waals surface area contributed by atoms with Crippen LogP contribution in [0.25, 0.3) is 0 Å². The van der Waals surface area contributed by atoms with E-state index < -0.39 is 11.6 Å². The van der Waals surface area contributed by atoms with Crippen LogP contribution in [0.4, 0.5) is 8.78 Å². The minimum absolute atomic E-state index is 0.0590. The Kier molecular flexibility index (Phi) is 5.09.